The van der Waals surface area contributed by atoms with Gasteiger partial charge < -0.3 is 4.74 Å². The molecule has 13 heavy (non-hydrogen) atoms. The molecule has 1 aliphatic rings. The Bertz CT molecular complexity index is 350. The van der Waals surface area contributed by atoms with Crippen LogP contribution in [0.2, 0.25) is 0 Å². The van der Waals surface area contributed by atoms with Crippen molar-refractivity contribution in [3.8, 4) is 5.75 Å². The molecule has 0 aliphatic heterocycles. The van der Waals surface area contributed by atoms with Gasteiger partial charge in [-0.15, -0.1) is 0 Å². The summed E-state index contributed by atoms with van der Waals surface area (Å²) < 4.78 is 5.19. The molecule has 0 radical (unpaired) electrons. The largest absolute Gasteiger partial charge is 0.497 e. The van der Waals surface area contributed by atoms with Gasteiger partial charge in [0.1, 0.15) is 5.75 Å². The summed E-state index contributed by atoms with van der Waals surface area (Å²) in [7, 11) is 1.71. The van der Waals surface area contributed by atoms with Crippen LogP contribution in [0.3, 0.4) is 0 Å². The van der Waals surface area contributed by atoms with Crippen LogP contribution >= 0.6 is 0 Å². The highest BCUT2D eigenvalue weighted by atomic mass is 16.5. The van der Waals surface area contributed by atoms with Crippen LogP contribution in [-0.2, 0) is 6.42 Å². The van der Waals surface area contributed by atoms with Crippen molar-refractivity contribution in [3.63, 3.8) is 0 Å². The van der Waals surface area contributed by atoms with Gasteiger partial charge in [-0.05, 0) is 41.7 Å². The molecule has 1 nitrogen and oxygen atoms in total. The van der Waals surface area contributed by atoms with Gasteiger partial charge in [-0.2, -0.15) is 0 Å². The molecule has 1 heteroatoms. The first-order valence-corrected chi connectivity index (χ1v) is 4.71. The van der Waals surface area contributed by atoms with E-state index in [-0.39, 0.29) is 0 Å². The van der Waals surface area contributed by atoms with Crippen LogP contribution in [0.5, 0.6) is 5.75 Å². The van der Waals surface area contributed by atoms with Gasteiger partial charge >= 0.3 is 0 Å². The highest BCUT2D eigenvalue weighted by molar-refractivity contribution is 5.73. The molecule has 68 valence electrons. The van der Waals surface area contributed by atoms with Crippen LogP contribution in [0.15, 0.2) is 24.3 Å². The van der Waals surface area contributed by atoms with Crippen molar-refractivity contribution in [1.29, 1.82) is 0 Å². The lowest BCUT2D eigenvalue weighted by Gasteiger charge is -2.05. The Morgan fingerprint density at radius 1 is 1.38 bits per heavy atom. The van der Waals surface area contributed by atoms with Crippen LogP contribution in [0.25, 0.3) is 5.57 Å². The van der Waals surface area contributed by atoms with Gasteiger partial charge in [0.15, 0.2) is 0 Å². The molecule has 1 aromatic rings. The van der Waals surface area contributed by atoms with Crippen molar-refractivity contribution >= 4 is 5.57 Å². The molecular weight excluding hydrogens is 160 g/mol. The van der Waals surface area contributed by atoms with E-state index in [0.717, 1.165) is 18.6 Å². The molecule has 0 spiro atoms. The van der Waals surface area contributed by atoms with Gasteiger partial charge in [0.2, 0.25) is 0 Å². The van der Waals surface area contributed by atoms with Crippen LogP contribution in [-0.4, -0.2) is 7.11 Å². The SMILES string of the molecule is CCC1=CCc2cc(OC)ccc21. The van der Waals surface area contributed by atoms with Crippen LogP contribution < -0.4 is 4.74 Å². The predicted molar refractivity (Wildman–Crippen MR) is 55.0 cm³/mol. The summed E-state index contributed by atoms with van der Waals surface area (Å²) in [5.74, 6) is 0.963. The van der Waals surface area contributed by atoms with E-state index >= 15 is 0 Å². The number of benzene rings is 1. The molecule has 0 saturated carbocycles. The Morgan fingerprint density at radius 3 is 2.92 bits per heavy atom. The van der Waals surface area contributed by atoms with E-state index in [4.69, 9.17) is 4.74 Å². The van der Waals surface area contributed by atoms with Crippen molar-refractivity contribution in [3.05, 3.63) is 35.4 Å². The van der Waals surface area contributed by atoms with Crippen molar-refractivity contribution in [2.75, 3.05) is 7.11 Å². The molecule has 0 unspecified atom stereocenters. The molecule has 0 saturated heterocycles. The van der Waals surface area contributed by atoms with E-state index in [1.807, 2.05) is 6.07 Å². The number of hydrogen-bond acceptors (Lipinski definition) is 1. The maximum Gasteiger partial charge on any atom is 0.119 e. The summed E-state index contributed by atoms with van der Waals surface area (Å²) in [4.78, 5) is 0. The third-order valence-electron chi connectivity index (χ3n) is 2.61. The van der Waals surface area contributed by atoms with E-state index in [2.05, 4.69) is 25.1 Å². The third kappa shape index (κ3) is 1.35. The van der Waals surface area contributed by atoms with Gasteiger partial charge in [-0.25, -0.2) is 0 Å². The fourth-order valence-electron chi connectivity index (χ4n) is 1.86. The summed E-state index contributed by atoms with van der Waals surface area (Å²) in [5.41, 5.74) is 4.28. The summed E-state index contributed by atoms with van der Waals surface area (Å²) in [6, 6.07) is 6.33. The Balaban J connectivity index is 2.40. The molecule has 0 N–H and O–H groups in total. The number of allylic oxidation sites excluding steroid dienone is 2. The zero-order valence-corrected chi connectivity index (χ0v) is 8.13. The van der Waals surface area contributed by atoms with Crippen molar-refractivity contribution in [1.82, 2.24) is 0 Å². The Labute approximate surface area is 79.0 Å². The second-order valence-corrected chi connectivity index (χ2v) is 3.31. The number of rotatable bonds is 2. The van der Waals surface area contributed by atoms with Gasteiger partial charge in [0, 0.05) is 0 Å². The highest BCUT2D eigenvalue weighted by Gasteiger charge is 2.12. The lowest BCUT2D eigenvalue weighted by molar-refractivity contribution is 0.414. The van der Waals surface area contributed by atoms with Gasteiger partial charge in [-0.1, -0.05) is 19.1 Å². The fraction of sp³-hybridized carbons (Fsp3) is 0.333. The average Bonchev–Trinajstić information content (AvgIpc) is 2.59. The van der Waals surface area contributed by atoms with Crippen molar-refractivity contribution < 1.29 is 4.74 Å². The first-order chi connectivity index (χ1) is 6.35. The second-order valence-electron chi connectivity index (χ2n) is 3.31. The van der Waals surface area contributed by atoms with Crippen LogP contribution in [0, 0.1) is 0 Å². The Kier molecular flexibility index (Phi) is 2.09. The molecule has 0 atom stereocenters. The Hall–Kier alpha value is -1.24. The molecule has 2 rings (SSSR count). The van der Waals surface area contributed by atoms with Crippen molar-refractivity contribution in [2.24, 2.45) is 0 Å². The third-order valence-corrected chi connectivity index (χ3v) is 2.61. The first-order valence-electron chi connectivity index (χ1n) is 4.71. The minimum absolute atomic E-state index is 0.963. The maximum absolute atomic E-state index is 5.19. The smallest absolute Gasteiger partial charge is 0.119 e. The molecule has 1 aliphatic carbocycles. The summed E-state index contributed by atoms with van der Waals surface area (Å²) in [6.45, 7) is 2.20. The van der Waals surface area contributed by atoms with Crippen molar-refractivity contribution in [2.45, 2.75) is 19.8 Å². The first kappa shape index (κ1) is 8.36. The highest BCUT2D eigenvalue weighted by Crippen LogP contribution is 2.31. The topological polar surface area (TPSA) is 9.23 Å². The number of hydrogen-bond donors (Lipinski definition) is 0. The van der Waals surface area contributed by atoms with Crippen LogP contribution in [0.4, 0.5) is 0 Å². The summed E-state index contributed by atoms with van der Waals surface area (Å²) in [5, 5.41) is 0. The average molecular weight is 174 g/mol. The number of fused-ring (bicyclic) bond motifs is 1. The lowest BCUT2D eigenvalue weighted by Crippen LogP contribution is -1.87. The number of ether oxygens (including phenoxy) is 1. The van der Waals surface area contributed by atoms with E-state index in [9.17, 15) is 0 Å². The normalized spacial score (nSPS) is 13.8. The lowest BCUT2D eigenvalue weighted by atomic mass is 10.0. The zero-order valence-electron chi connectivity index (χ0n) is 8.13. The second kappa shape index (κ2) is 3.25. The monoisotopic (exact) mass is 174 g/mol. The number of methoxy groups -OCH3 is 1. The molecule has 0 amide bonds. The van der Waals surface area contributed by atoms with Gasteiger partial charge in [0.05, 0.1) is 7.11 Å². The van der Waals surface area contributed by atoms with Gasteiger partial charge in [0.25, 0.3) is 0 Å². The summed E-state index contributed by atoms with van der Waals surface area (Å²) >= 11 is 0. The Morgan fingerprint density at radius 2 is 2.23 bits per heavy atom. The molecule has 1 aromatic carbocycles. The van der Waals surface area contributed by atoms with E-state index in [1.165, 1.54) is 16.7 Å². The van der Waals surface area contributed by atoms with Gasteiger partial charge in [-0.3, -0.25) is 0 Å². The maximum atomic E-state index is 5.19. The molecule has 0 aromatic heterocycles. The quantitative estimate of drug-likeness (QED) is 0.669. The summed E-state index contributed by atoms with van der Waals surface area (Å²) in [6.07, 6.45) is 4.50. The minimum Gasteiger partial charge on any atom is -0.497 e. The predicted octanol–water partition coefficient (Wildman–Crippen LogP) is 3.04. The molecular formula is C12H14O. The molecule has 0 fully saturated rings. The van der Waals surface area contributed by atoms with E-state index in [1.54, 1.807) is 7.11 Å². The van der Waals surface area contributed by atoms with E-state index in [0.29, 0.717) is 0 Å². The molecule has 0 heterocycles. The standard InChI is InChI=1S/C12H14O/c1-3-9-4-5-10-8-11(13-2)6-7-12(9)10/h4,6-8H,3,5H2,1-2H3. The van der Waals surface area contributed by atoms with E-state index < -0.39 is 0 Å². The fourth-order valence-corrected chi connectivity index (χ4v) is 1.86. The zero-order chi connectivity index (χ0) is 9.26. The van der Waals surface area contributed by atoms with Crippen LogP contribution in [0.1, 0.15) is 24.5 Å². The molecule has 0 bridgehead atoms. The minimum atomic E-state index is 0.963.